The van der Waals surface area contributed by atoms with Crippen molar-refractivity contribution in [3.05, 3.63) is 24.0 Å². The molecule has 0 saturated heterocycles. The number of amides is 1. The highest BCUT2D eigenvalue weighted by Gasteiger charge is 2.31. The summed E-state index contributed by atoms with van der Waals surface area (Å²) in [5.74, 6) is -0.284. The SMILES string of the molecule is CCC(C)(C#N)C(=O)Nc1cccnc1C. The zero-order valence-electron chi connectivity index (χ0n) is 9.74. The van der Waals surface area contributed by atoms with Crippen LogP contribution in [-0.2, 0) is 4.79 Å². The Morgan fingerprint density at radius 1 is 1.69 bits per heavy atom. The summed E-state index contributed by atoms with van der Waals surface area (Å²) in [7, 11) is 0. The summed E-state index contributed by atoms with van der Waals surface area (Å²) in [5.41, 5.74) is 0.414. The fourth-order valence-corrected chi connectivity index (χ4v) is 1.17. The zero-order valence-corrected chi connectivity index (χ0v) is 9.74. The van der Waals surface area contributed by atoms with Crippen LogP contribution in [0.3, 0.4) is 0 Å². The van der Waals surface area contributed by atoms with Crippen molar-refractivity contribution < 1.29 is 4.79 Å². The Labute approximate surface area is 95.3 Å². The Morgan fingerprint density at radius 2 is 2.38 bits per heavy atom. The Balaban J connectivity index is 2.88. The molecule has 84 valence electrons. The second kappa shape index (κ2) is 4.75. The van der Waals surface area contributed by atoms with E-state index in [1.165, 1.54) is 0 Å². The lowest BCUT2D eigenvalue weighted by Crippen LogP contribution is -2.31. The number of pyridine rings is 1. The lowest BCUT2D eigenvalue weighted by Gasteiger charge is -2.18. The van der Waals surface area contributed by atoms with Crippen LogP contribution >= 0.6 is 0 Å². The third-order valence-corrected chi connectivity index (χ3v) is 2.71. The molecule has 1 atom stereocenters. The molecule has 1 unspecified atom stereocenters. The van der Waals surface area contributed by atoms with Gasteiger partial charge in [0.25, 0.3) is 0 Å². The third-order valence-electron chi connectivity index (χ3n) is 2.71. The van der Waals surface area contributed by atoms with E-state index in [1.807, 2.05) is 19.9 Å². The molecule has 1 heterocycles. The molecule has 0 aliphatic carbocycles. The molecule has 4 heteroatoms. The summed E-state index contributed by atoms with van der Waals surface area (Å²) in [4.78, 5) is 16.0. The molecule has 0 fully saturated rings. The summed E-state index contributed by atoms with van der Waals surface area (Å²) in [6.07, 6.45) is 2.14. The number of carbonyl (C=O) groups is 1. The number of nitrogens with zero attached hydrogens (tertiary/aromatic N) is 2. The quantitative estimate of drug-likeness (QED) is 0.844. The number of nitriles is 1. The van der Waals surface area contributed by atoms with Crippen LogP contribution in [0, 0.1) is 23.7 Å². The summed E-state index contributed by atoms with van der Waals surface area (Å²) in [6, 6.07) is 5.55. The molecule has 0 radical (unpaired) electrons. The standard InChI is InChI=1S/C12H15N3O/c1-4-12(3,8-13)11(16)15-10-6-5-7-14-9(10)2/h5-7H,4H2,1-3H3,(H,15,16). The van der Waals surface area contributed by atoms with E-state index in [-0.39, 0.29) is 5.91 Å². The normalized spacial score (nSPS) is 13.6. The van der Waals surface area contributed by atoms with Crippen molar-refractivity contribution in [1.29, 1.82) is 5.26 Å². The monoisotopic (exact) mass is 217 g/mol. The van der Waals surface area contributed by atoms with Crippen molar-refractivity contribution in [2.75, 3.05) is 5.32 Å². The minimum atomic E-state index is -0.984. The lowest BCUT2D eigenvalue weighted by molar-refractivity contribution is -0.122. The van der Waals surface area contributed by atoms with Gasteiger partial charge >= 0.3 is 0 Å². The van der Waals surface area contributed by atoms with Gasteiger partial charge in [0.15, 0.2) is 0 Å². The highest BCUT2D eigenvalue weighted by molar-refractivity contribution is 5.97. The molecule has 1 aromatic rings. The fourth-order valence-electron chi connectivity index (χ4n) is 1.17. The number of rotatable bonds is 3. The van der Waals surface area contributed by atoms with E-state index in [0.717, 1.165) is 5.69 Å². The van der Waals surface area contributed by atoms with E-state index >= 15 is 0 Å². The maximum atomic E-state index is 11.9. The molecule has 0 aliphatic rings. The minimum Gasteiger partial charge on any atom is -0.323 e. The van der Waals surface area contributed by atoms with Crippen molar-refractivity contribution >= 4 is 11.6 Å². The predicted octanol–water partition coefficient (Wildman–Crippen LogP) is 2.27. The third kappa shape index (κ3) is 2.37. The average Bonchev–Trinajstić information content (AvgIpc) is 2.31. The molecule has 1 N–H and O–H groups in total. The highest BCUT2D eigenvalue weighted by atomic mass is 16.2. The van der Waals surface area contributed by atoms with Crippen molar-refractivity contribution in [2.24, 2.45) is 5.41 Å². The summed E-state index contributed by atoms with van der Waals surface area (Å²) < 4.78 is 0. The first-order valence-electron chi connectivity index (χ1n) is 5.18. The zero-order chi connectivity index (χ0) is 12.2. The molecule has 1 amide bonds. The summed E-state index contributed by atoms with van der Waals surface area (Å²) in [6.45, 7) is 5.26. The van der Waals surface area contributed by atoms with Crippen molar-refractivity contribution in [3.63, 3.8) is 0 Å². The van der Waals surface area contributed by atoms with Crippen LogP contribution in [0.2, 0.25) is 0 Å². The Kier molecular flexibility index (Phi) is 3.62. The van der Waals surface area contributed by atoms with Gasteiger partial charge in [0.2, 0.25) is 5.91 Å². The molecule has 16 heavy (non-hydrogen) atoms. The van der Waals surface area contributed by atoms with Gasteiger partial charge < -0.3 is 5.32 Å². The average molecular weight is 217 g/mol. The van der Waals surface area contributed by atoms with Gasteiger partial charge in [-0.05, 0) is 32.4 Å². The predicted molar refractivity (Wildman–Crippen MR) is 61.6 cm³/mol. The number of anilines is 1. The molecule has 1 rings (SSSR count). The van der Waals surface area contributed by atoms with Crippen LogP contribution in [0.15, 0.2) is 18.3 Å². The van der Waals surface area contributed by atoms with E-state index in [1.54, 1.807) is 25.3 Å². The van der Waals surface area contributed by atoms with E-state index in [4.69, 9.17) is 5.26 Å². The first kappa shape index (κ1) is 12.2. The summed E-state index contributed by atoms with van der Waals surface area (Å²) >= 11 is 0. The number of nitrogens with one attached hydrogen (secondary N) is 1. The largest absolute Gasteiger partial charge is 0.323 e. The van der Waals surface area contributed by atoms with Gasteiger partial charge in [0.1, 0.15) is 5.41 Å². The van der Waals surface area contributed by atoms with Gasteiger partial charge in [-0.3, -0.25) is 9.78 Å². The topological polar surface area (TPSA) is 65.8 Å². The number of hydrogen-bond acceptors (Lipinski definition) is 3. The Morgan fingerprint density at radius 3 is 2.88 bits per heavy atom. The van der Waals surface area contributed by atoms with E-state index in [9.17, 15) is 4.79 Å². The van der Waals surface area contributed by atoms with Crippen LogP contribution in [0.25, 0.3) is 0 Å². The van der Waals surface area contributed by atoms with E-state index in [2.05, 4.69) is 10.3 Å². The van der Waals surface area contributed by atoms with E-state index in [0.29, 0.717) is 12.1 Å². The van der Waals surface area contributed by atoms with Gasteiger partial charge in [-0.2, -0.15) is 5.26 Å². The maximum absolute atomic E-state index is 11.9. The van der Waals surface area contributed by atoms with Crippen LogP contribution in [0.1, 0.15) is 26.0 Å². The molecule has 0 spiro atoms. The second-order valence-electron chi connectivity index (χ2n) is 3.89. The van der Waals surface area contributed by atoms with E-state index < -0.39 is 5.41 Å². The number of aryl methyl sites for hydroxylation is 1. The first-order valence-corrected chi connectivity index (χ1v) is 5.18. The second-order valence-corrected chi connectivity index (χ2v) is 3.89. The molecule has 0 aliphatic heterocycles. The van der Waals surface area contributed by atoms with Gasteiger partial charge in [-0.1, -0.05) is 6.92 Å². The molecular weight excluding hydrogens is 202 g/mol. The van der Waals surface area contributed by atoms with Gasteiger partial charge in [-0.25, -0.2) is 0 Å². The molecular formula is C12H15N3O. The minimum absolute atomic E-state index is 0.284. The van der Waals surface area contributed by atoms with Gasteiger partial charge in [0, 0.05) is 6.20 Å². The molecule has 1 aromatic heterocycles. The number of aromatic nitrogens is 1. The van der Waals surface area contributed by atoms with Crippen molar-refractivity contribution in [2.45, 2.75) is 27.2 Å². The Hall–Kier alpha value is -1.89. The highest BCUT2D eigenvalue weighted by Crippen LogP contribution is 2.22. The fraction of sp³-hybridized carbons (Fsp3) is 0.417. The van der Waals surface area contributed by atoms with Crippen molar-refractivity contribution in [1.82, 2.24) is 4.98 Å². The van der Waals surface area contributed by atoms with Crippen LogP contribution in [0.5, 0.6) is 0 Å². The van der Waals surface area contributed by atoms with Crippen LogP contribution in [-0.4, -0.2) is 10.9 Å². The van der Waals surface area contributed by atoms with Crippen LogP contribution in [0.4, 0.5) is 5.69 Å². The smallest absolute Gasteiger partial charge is 0.244 e. The van der Waals surface area contributed by atoms with Crippen molar-refractivity contribution in [3.8, 4) is 6.07 Å². The molecule has 0 bridgehead atoms. The molecule has 0 saturated carbocycles. The van der Waals surface area contributed by atoms with Gasteiger partial charge in [-0.15, -0.1) is 0 Å². The first-order chi connectivity index (χ1) is 7.53. The Bertz CT molecular complexity index is 436. The molecule has 0 aromatic carbocycles. The molecule has 4 nitrogen and oxygen atoms in total. The van der Waals surface area contributed by atoms with Gasteiger partial charge in [0.05, 0.1) is 17.5 Å². The number of hydrogen-bond donors (Lipinski definition) is 1. The summed E-state index contributed by atoms with van der Waals surface area (Å²) in [5, 5.41) is 11.7. The lowest BCUT2D eigenvalue weighted by atomic mass is 9.88. The van der Waals surface area contributed by atoms with Crippen LogP contribution < -0.4 is 5.32 Å². The maximum Gasteiger partial charge on any atom is 0.244 e. The number of carbonyl (C=O) groups excluding carboxylic acids is 1.